The van der Waals surface area contributed by atoms with Crippen LogP contribution in [0.15, 0.2) is 69.9 Å². The van der Waals surface area contributed by atoms with Crippen LogP contribution in [0.1, 0.15) is 40.2 Å². The highest BCUT2D eigenvalue weighted by Gasteiger charge is 2.48. The van der Waals surface area contributed by atoms with Gasteiger partial charge in [-0.3, -0.25) is 19.2 Å². The monoisotopic (exact) mass is 802 g/mol. The Kier molecular flexibility index (Phi) is 13.7. The number of carbonyl (C=O) groups excluding carboxylic acids is 4. The van der Waals surface area contributed by atoms with Gasteiger partial charge in [-0.25, -0.2) is 31.8 Å². The van der Waals surface area contributed by atoms with Crippen molar-refractivity contribution in [1.82, 2.24) is 40.2 Å². The lowest BCUT2D eigenvalue weighted by molar-refractivity contribution is -0.148. The summed E-state index contributed by atoms with van der Waals surface area (Å²) in [5.41, 5.74) is -0.545. The molecule has 54 heavy (non-hydrogen) atoms. The number of likely N-dealkylation sites (N-methyl/N-ethyl adjacent to an activating group) is 2. The Morgan fingerprint density at radius 1 is 0.981 bits per heavy atom. The lowest BCUT2D eigenvalue weighted by Gasteiger charge is -2.41. The third kappa shape index (κ3) is 9.85. The molecule has 0 aliphatic carbocycles. The molecular weight excluding hydrogens is 761 g/mol. The minimum atomic E-state index is -4.32. The summed E-state index contributed by atoms with van der Waals surface area (Å²) in [6.07, 6.45) is 2.68. The molecule has 6 N–H and O–H groups in total. The van der Waals surface area contributed by atoms with Crippen molar-refractivity contribution in [3.63, 3.8) is 0 Å². The van der Waals surface area contributed by atoms with E-state index in [9.17, 15) is 36.0 Å². The van der Waals surface area contributed by atoms with Gasteiger partial charge >= 0.3 is 0 Å². The van der Waals surface area contributed by atoms with Gasteiger partial charge in [-0.2, -0.15) is 0 Å². The predicted molar refractivity (Wildman–Crippen MR) is 200 cm³/mol. The van der Waals surface area contributed by atoms with E-state index in [4.69, 9.17) is 10.8 Å². The van der Waals surface area contributed by atoms with Crippen LogP contribution in [0, 0.1) is 24.7 Å². The number of hydrogen-bond donors (Lipinski definition) is 6. The number of benzene rings is 2. The van der Waals surface area contributed by atoms with Crippen LogP contribution in [0.3, 0.4) is 0 Å². The summed E-state index contributed by atoms with van der Waals surface area (Å²) in [5, 5.41) is 23.9. The molecule has 0 saturated carbocycles. The second-order valence-electron chi connectivity index (χ2n) is 12.5. The Bertz CT molecular complexity index is 2080. The van der Waals surface area contributed by atoms with Gasteiger partial charge < -0.3 is 26.4 Å². The van der Waals surface area contributed by atoms with Crippen molar-refractivity contribution in [1.29, 1.82) is 10.8 Å². The standard InChI is InChI=1S/C33H42N10O8S3/c1-22-6-10-24(11-7-22)53(48,49)39-41(3)26(14-17-35)29-32(47)43(20-27(44)37-29)21-28(45)38-33(15-5-16-34,30(46)31-36-18-19-52-31)42(4)40-54(50,51)25-12-8-23(2)9-13-25/h6-13,16-19,26,29,34-35,39-40H,5,14-15,20-21H2,1-4H3,(H,37,44)(H,38,45)/t26?,29-,33-/m0/s1. The van der Waals surface area contributed by atoms with Crippen LogP contribution in [-0.2, 0) is 34.4 Å². The summed E-state index contributed by atoms with van der Waals surface area (Å²) in [7, 11) is -5.90. The third-order valence-electron chi connectivity index (χ3n) is 8.56. The van der Waals surface area contributed by atoms with Gasteiger partial charge in [0.05, 0.1) is 15.8 Å². The average molecular weight is 803 g/mol. The number of nitrogens with zero attached hydrogens (tertiary/aromatic N) is 4. The Labute approximate surface area is 317 Å². The van der Waals surface area contributed by atoms with Gasteiger partial charge in [-0.15, -0.1) is 21.0 Å². The van der Waals surface area contributed by atoms with Gasteiger partial charge in [0.25, 0.3) is 20.0 Å². The second-order valence-corrected chi connectivity index (χ2v) is 16.8. The van der Waals surface area contributed by atoms with Gasteiger partial charge in [0.1, 0.15) is 19.1 Å². The SMILES string of the molecule is Cc1ccc(S(=O)(=O)NN(C)C(CC=N)[C@@H]2NC(=O)CN(CC(=O)N[C@](CCC=N)(C(=O)c3nccs3)N(C)NS(=O)(=O)c3ccc(C)cc3)C2=O)cc1. The molecule has 1 aliphatic rings. The summed E-state index contributed by atoms with van der Waals surface area (Å²) < 4.78 is 53.2. The first-order valence-corrected chi connectivity index (χ1v) is 20.2. The summed E-state index contributed by atoms with van der Waals surface area (Å²) in [4.78, 5) is 64.4. The number of hydrazine groups is 2. The van der Waals surface area contributed by atoms with Gasteiger partial charge in [0.2, 0.25) is 23.5 Å². The van der Waals surface area contributed by atoms with E-state index < -0.39 is 74.4 Å². The number of amides is 3. The second kappa shape index (κ2) is 17.6. The highest BCUT2D eigenvalue weighted by molar-refractivity contribution is 7.89. The molecule has 21 heteroatoms. The van der Waals surface area contributed by atoms with Crippen LogP contribution in [0.25, 0.3) is 0 Å². The zero-order valence-corrected chi connectivity index (χ0v) is 32.3. The van der Waals surface area contributed by atoms with Crippen molar-refractivity contribution in [3.05, 3.63) is 76.2 Å². The first kappa shape index (κ1) is 42.0. The van der Waals surface area contributed by atoms with Crippen molar-refractivity contribution >= 4 is 67.3 Å². The van der Waals surface area contributed by atoms with Crippen molar-refractivity contribution < 1.29 is 36.0 Å². The molecule has 1 unspecified atom stereocenters. The third-order valence-corrected chi connectivity index (χ3v) is 12.2. The molecule has 1 aliphatic heterocycles. The zero-order valence-electron chi connectivity index (χ0n) is 29.9. The van der Waals surface area contributed by atoms with Gasteiger partial charge in [0.15, 0.2) is 10.7 Å². The fourth-order valence-corrected chi connectivity index (χ4v) is 8.57. The van der Waals surface area contributed by atoms with Crippen molar-refractivity contribution in [2.45, 2.75) is 60.6 Å². The molecule has 3 amide bonds. The molecule has 2 aromatic carbocycles. The lowest BCUT2D eigenvalue weighted by Crippen LogP contribution is -2.70. The van der Waals surface area contributed by atoms with E-state index >= 15 is 0 Å². The number of thiazole rings is 1. The molecule has 0 spiro atoms. The molecule has 4 rings (SSSR count). The maximum atomic E-state index is 14.2. The van der Waals surface area contributed by atoms with Crippen molar-refractivity contribution in [3.8, 4) is 0 Å². The maximum Gasteiger partial charge on any atom is 0.253 e. The molecule has 1 aromatic heterocycles. The molecule has 0 bridgehead atoms. The maximum absolute atomic E-state index is 14.2. The number of sulfonamides is 2. The lowest BCUT2D eigenvalue weighted by atomic mass is 9.97. The number of nitrogens with one attached hydrogen (secondary N) is 6. The number of rotatable bonds is 19. The molecule has 1 fully saturated rings. The molecule has 2 heterocycles. The number of carbonyl (C=O) groups is 4. The van der Waals surface area contributed by atoms with Gasteiger partial charge in [-0.05, 0) is 63.4 Å². The predicted octanol–water partition coefficient (Wildman–Crippen LogP) is 0.571. The van der Waals surface area contributed by atoms with E-state index in [1.54, 1.807) is 38.1 Å². The van der Waals surface area contributed by atoms with E-state index in [-0.39, 0.29) is 34.1 Å². The quantitative estimate of drug-likeness (QED) is 0.0423. The zero-order chi connectivity index (χ0) is 39.8. The van der Waals surface area contributed by atoms with Crippen LogP contribution in [0.5, 0.6) is 0 Å². The Balaban J connectivity index is 1.62. The van der Waals surface area contributed by atoms with Crippen LogP contribution >= 0.6 is 11.3 Å². The molecule has 290 valence electrons. The van der Waals surface area contributed by atoms with Gasteiger partial charge in [0, 0.05) is 32.1 Å². The van der Waals surface area contributed by atoms with Crippen LogP contribution in [0.4, 0.5) is 0 Å². The summed E-state index contributed by atoms with van der Waals surface area (Å²) in [6.45, 7) is 2.21. The molecule has 18 nitrogen and oxygen atoms in total. The topological polar surface area (TPSA) is 255 Å². The molecule has 1 saturated heterocycles. The number of aryl methyl sites for hydroxylation is 2. The van der Waals surface area contributed by atoms with E-state index in [2.05, 4.69) is 25.3 Å². The number of piperazine rings is 1. The van der Waals surface area contributed by atoms with E-state index in [0.29, 0.717) is 0 Å². The van der Waals surface area contributed by atoms with Crippen molar-refractivity contribution in [2.24, 2.45) is 0 Å². The fraction of sp³-hybridized carbons (Fsp3) is 0.364. The largest absolute Gasteiger partial charge is 0.341 e. The first-order valence-electron chi connectivity index (χ1n) is 16.4. The normalized spacial score (nSPS) is 16.8. The minimum absolute atomic E-state index is 0.0595. The van der Waals surface area contributed by atoms with E-state index in [1.165, 1.54) is 49.9 Å². The fourth-order valence-electron chi connectivity index (χ4n) is 5.69. The highest BCUT2D eigenvalue weighted by atomic mass is 32.2. The Hall–Kier alpha value is -4.77. The summed E-state index contributed by atoms with van der Waals surface area (Å²) in [6, 6.07) is 9.38. The number of hydrogen-bond acceptors (Lipinski definition) is 14. The van der Waals surface area contributed by atoms with E-state index in [1.807, 2.05) is 0 Å². The molecular formula is C33H42N10O8S3. The molecule has 0 radical (unpaired) electrons. The van der Waals surface area contributed by atoms with E-state index in [0.717, 1.165) is 49.8 Å². The number of aromatic nitrogens is 1. The first-order chi connectivity index (χ1) is 25.4. The minimum Gasteiger partial charge on any atom is -0.341 e. The molecule has 3 atom stereocenters. The van der Waals surface area contributed by atoms with Crippen LogP contribution < -0.4 is 20.3 Å². The van der Waals surface area contributed by atoms with Crippen LogP contribution in [-0.4, -0.2) is 118 Å². The average Bonchev–Trinajstić information content (AvgIpc) is 3.65. The smallest absolute Gasteiger partial charge is 0.253 e. The Morgan fingerprint density at radius 2 is 1.56 bits per heavy atom. The van der Waals surface area contributed by atoms with Crippen molar-refractivity contribution in [2.75, 3.05) is 27.2 Å². The number of ketones is 1. The molecule has 3 aromatic rings. The van der Waals surface area contributed by atoms with Gasteiger partial charge in [-0.1, -0.05) is 35.4 Å². The number of Topliss-reactive ketones (excluding diaryl/α,β-unsaturated/α-hetero) is 1. The summed E-state index contributed by atoms with van der Waals surface area (Å²) >= 11 is 0.940. The summed E-state index contributed by atoms with van der Waals surface area (Å²) in [5.74, 6) is -3.25. The Morgan fingerprint density at radius 3 is 2.07 bits per heavy atom. The van der Waals surface area contributed by atoms with Crippen LogP contribution in [0.2, 0.25) is 0 Å². The highest BCUT2D eigenvalue weighted by Crippen LogP contribution is 2.25.